The topological polar surface area (TPSA) is 69.0 Å². The van der Waals surface area contributed by atoms with Crippen molar-refractivity contribution in [3.63, 3.8) is 0 Å². The number of amides is 1. The number of rotatable bonds is 6. The molecule has 0 aromatic carbocycles. The van der Waals surface area contributed by atoms with Gasteiger partial charge >= 0.3 is 0 Å². The average molecular weight is 328 g/mol. The molecule has 2 atom stereocenters. The minimum atomic E-state index is -0.134. The summed E-state index contributed by atoms with van der Waals surface area (Å²) in [5.41, 5.74) is 1.60. The number of aromatic nitrogens is 3. The fraction of sp³-hybridized carbons (Fsp3) is 0.500. The molecule has 3 rings (SSSR count). The standard InChI is InChI=1S/C18H24N4O2/c1-14-5-4-7-17(9-14)24-13-18(23)21-16-10-20-22(12-16)11-15-6-2-3-8-19-15/h2-3,6,8,10,12,14,17H,4-5,7,9,11,13H2,1H3,(H,21,23)/t14-,17+/m0/s1. The van der Waals surface area contributed by atoms with Crippen LogP contribution in [0, 0.1) is 5.92 Å². The Balaban J connectivity index is 1.45. The molecule has 1 aliphatic rings. The van der Waals surface area contributed by atoms with Gasteiger partial charge in [0.2, 0.25) is 5.91 Å². The molecule has 1 saturated carbocycles. The number of anilines is 1. The van der Waals surface area contributed by atoms with E-state index in [-0.39, 0.29) is 18.6 Å². The second-order valence-corrected chi connectivity index (χ2v) is 6.50. The smallest absolute Gasteiger partial charge is 0.250 e. The number of hydrogen-bond acceptors (Lipinski definition) is 4. The molecule has 1 aliphatic carbocycles. The largest absolute Gasteiger partial charge is 0.368 e. The van der Waals surface area contributed by atoms with Crippen LogP contribution in [0.3, 0.4) is 0 Å². The van der Waals surface area contributed by atoms with E-state index in [1.165, 1.54) is 12.8 Å². The number of ether oxygens (including phenoxy) is 1. The Kier molecular flexibility index (Phi) is 5.59. The molecule has 0 radical (unpaired) electrons. The van der Waals surface area contributed by atoms with Crippen molar-refractivity contribution in [3.8, 4) is 0 Å². The molecule has 6 nitrogen and oxygen atoms in total. The van der Waals surface area contributed by atoms with Crippen molar-refractivity contribution in [2.75, 3.05) is 11.9 Å². The zero-order chi connectivity index (χ0) is 16.8. The SMILES string of the molecule is C[C@H]1CCC[C@@H](OCC(=O)Nc2cnn(Cc3ccccn3)c2)C1. The van der Waals surface area contributed by atoms with Crippen molar-refractivity contribution in [1.82, 2.24) is 14.8 Å². The second kappa shape index (κ2) is 8.06. The molecule has 0 spiro atoms. The van der Waals surface area contributed by atoms with Crippen molar-refractivity contribution in [2.45, 2.75) is 45.3 Å². The number of nitrogens with one attached hydrogen (secondary N) is 1. The molecule has 1 fully saturated rings. The summed E-state index contributed by atoms with van der Waals surface area (Å²) >= 11 is 0. The van der Waals surface area contributed by atoms with Gasteiger partial charge in [0.25, 0.3) is 0 Å². The van der Waals surface area contributed by atoms with Gasteiger partial charge in [0, 0.05) is 12.4 Å². The van der Waals surface area contributed by atoms with E-state index in [2.05, 4.69) is 22.3 Å². The average Bonchev–Trinajstić information content (AvgIpc) is 3.01. The van der Waals surface area contributed by atoms with E-state index in [0.29, 0.717) is 18.2 Å². The van der Waals surface area contributed by atoms with Crippen LogP contribution in [-0.4, -0.2) is 33.4 Å². The van der Waals surface area contributed by atoms with E-state index in [0.717, 1.165) is 18.5 Å². The van der Waals surface area contributed by atoms with E-state index in [9.17, 15) is 4.79 Å². The van der Waals surface area contributed by atoms with Crippen molar-refractivity contribution >= 4 is 11.6 Å². The summed E-state index contributed by atoms with van der Waals surface area (Å²) in [6.07, 6.45) is 9.97. The summed E-state index contributed by atoms with van der Waals surface area (Å²) in [6.45, 7) is 2.92. The van der Waals surface area contributed by atoms with Crippen LogP contribution in [0.25, 0.3) is 0 Å². The second-order valence-electron chi connectivity index (χ2n) is 6.50. The molecular weight excluding hydrogens is 304 g/mol. The van der Waals surface area contributed by atoms with Gasteiger partial charge in [-0.2, -0.15) is 5.10 Å². The predicted molar refractivity (Wildman–Crippen MR) is 91.6 cm³/mol. The van der Waals surface area contributed by atoms with Gasteiger partial charge in [0.1, 0.15) is 6.61 Å². The summed E-state index contributed by atoms with van der Waals surface area (Å²) in [5.74, 6) is 0.558. The Morgan fingerprint density at radius 2 is 2.33 bits per heavy atom. The molecule has 1 N–H and O–H groups in total. The summed E-state index contributed by atoms with van der Waals surface area (Å²) < 4.78 is 7.49. The maximum Gasteiger partial charge on any atom is 0.250 e. The Hall–Kier alpha value is -2.21. The number of nitrogens with zero attached hydrogens (tertiary/aromatic N) is 3. The van der Waals surface area contributed by atoms with Gasteiger partial charge in [0.15, 0.2) is 0 Å². The quantitative estimate of drug-likeness (QED) is 0.885. The van der Waals surface area contributed by atoms with Gasteiger partial charge < -0.3 is 10.1 Å². The highest BCUT2D eigenvalue weighted by Crippen LogP contribution is 2.25. The Bertz CT molecular complexity index is 656. The van der Waals surface area contributed by atoms with Crippen molar-refractivity contribution in [3.05, 3.63) is 42.5 Å². The minimum absolute atomic E-state index is 0.100. The van der Waals surface area contributed by atoms with Gasteiger partial charge in [-0.25, -0.2) is 0 Å². The maximum absolute atomic E-state index is 12.0. The molecule has 128 valence electrons. The van der Waals surface area contributed by atoms with E-state index in [4.69, 9.17) is 4.74 Å². The van der Waals surface area contributed by atoms with E-state index >= 15 is 0 Å². The molecule has 0 bridgehead atoms. The van der Waals surface area contributed by atoms with Crippen molar-refractivity contribution < 1.29 is 9.53 Å². The lowest BCUT2D eigenvalue weighted by atomic mass is 9.89. The van der Waals surface area contributed by atoms with Crippen LogP contribution >= 0.6 is 0 Å². The number of carbonyl (C=O) groups is 1. The third-order valence-electron chi connectivity index (χ3n) is 4.31. The first-order valence-electron chi connectivity index (χ1n) is 8.53. The fourth-order valence-corrected chi connectivity index (χ4v) is 3.09. The molecule has 2 heterocycles. The molecule has 0 unspecified atom stereocenters. The summed E-state index contributed by atoms with van der Waals surface area (Å²) in [7, 11) is 0. The summed E-state index contributed by atoms with van der Waals surface area (Å²) in [4.78, 5) is 16.3. The highest BCUT2D eigenvalue weighted by molar-refractivity contribution is 5.91. The molecule has 0 saturated heterocycles. The first-order chi connectivity index (χ1) is 11.7. The predicted octanol–water partition coefficient (Wildman–Crippen LogP) is 2.86. The molecule has 0 aliphatic heterocycles. The van der Waals surface area contributed by atoms with Crippen LogP contribution in [0.15, 0.2) is 36.8 Å². The van der Waals surface area contributed by atoms with E-state index in [1.807, 2.05) is 18.2 Å². The van der Waals surface area contributed by atoms with Crippen LogP contribution in [0.2, 0.25) is 0 Å². The van der Waals surface area contributed by atoms with Gasteiger partial charge in [-0.1, -0.05) is 25.8 Å². The van der Waals surface area contributed by atoms with E-state index in [1.54, 1.807) is 23.3 Å². The van der Waals surface area contributed by atoms with Crippen LogP contribution in [0.1, 0.15) is 38.3 Å². The van der Waals surface area contributed by atoms with Crippen LogP contribution < -0.4 is 5.32 Å². The fourth-order valence-electron chi connectivity index (χ4n) is 3.09. The van der Waals surface area contributed by atoms with Crippen molar-refractivity contribution in [2.24, 2.45) is 5.92 Å². The third kappa shape index (κ3) is 4.89. The lowest BCUT2D eigenvalue weighted by molar-refractivity contribution is -0.123. The molecule has 2 aromatic heterocycles. The molecular formula is C18H24N4O2. The maximum atomic E-state index is 12.0. The van der Waals surface area contributed by atoms with Crippen molar-refractivity contribution in [1.29, 1.82) is 0 Å². The van der Waals surface area contributed by atoms with Crippen LogP contribution in [-0.2, 0) is 16.1 Å². The molecule has 2 aromatic rings. The zero-order valence-corrected chi connectivity index (χ0v) is 14.0. The van der Waals surface area contributed by atoms with Gasteiger partial charge in [-0.3, -0.25) is 14.5 Å². The molecule has 1 amide bonds. The Morgan fingerprint density at radius 3 is 3.12 bits per heavy atom. The summed E-state index contributed by atoms with van der Waals surface area (Å²) in [6, 6.07) is 5.77. The normalized spacial score (nSPS) is 20.7. The monoisotopic (exact) mass is 328 g/mol. The Morgan fingerprint density at radius 1 is 1.42 bits per heavy atom. The highest BCUT2D eigenvalue weighted by atomic mass is 16.5. The first kappa shape index (κ1) is 16.6. The minimum Gasteiger partial charge on any atom is -0.368 e. The summed E-state index contributed by atoms with van der Waals surface area (Å²) in [5, 5.41) is 7.08. The van der Waals surface area contributed by atoms with E-state index < -0.39 is 0 Å². The van der Waals surface area contributed by atoms with Gasteiger partial charge in [-0.15, -0.1) is 0 Å². The van der Waals surface area contributed by atoms with Crippen LogP contribution in [0.4, 0.5) is 5.69 Å². The van der Waals surface area contributed by atoms with Crippen LogP contribution in [0.5, 0.6) is 0 Å². The number of carbonyl (C=O) groups excluding carboxylic acids is 1. The molecule has 24 heavy (non-hydrogen) atoms. The molecule has 6 heteroatoms. The lowest BCUT2D eigenvalue weighted by Crippen LogP contribution is -2.26. The Labute approximate surface area is 142 Å². The lowest BCUT2D eigenvalue weighted by Gasteiger charge is -2.26. The number of hydrogen-bond donors (Lipinski definition) is 1. The first-order valence-corrected chi connectivity index (χ1v) is 8.53. The third-order valence-corrected chi connectivity index (χ3v) is 4.31. The van der Waals surface area contributed by atoms with Gasteiger partial charge in [-0.05, 0) is 30.9 Å². The number of pyridine rings is 1. The highest BCUT2D eigenvalue weighted by Gasteiger charge is 2.20. The zero-order valence-electron chi connectivity index (χ0n) is 14.0. The van der Waals surface area contributed by atoms with Gasteiger partial charge in [0.05, 0.1) is 30.2 Å².